The Morgan fingerprint density at radius 2 is 1.83 bits per heavy atom. The highest BCUT2D eigenvalue weighted by Gasteiger charge is 2.23. The summed E-state index contributed by atoms with van der Waals surface area (Å²) < 4.78 is 24.8. The van der Waals surface area contributed by atoms with Crippen molar-refractivity contribution in [3.8, 4) is 11.5 Å². The molecule has 0 saturated heterocycles. The number of anilines is 3. The Morgan fingerprint density at radius 1 is 1.17 bits per heavy atom. The summed E-state index contributed by atoms with van der Waals surface area (Å²) in [5.41, 5.74) is 0.321. The fraction of sp³-hybridized carbons (Fsp3) is 0.174. The molecule has 36 heavy (non-hydrogen) atoms. The lowest BCUT2D eigenvalue weighted by Crippen LogP contribution is -2.39. The number of hydrogen-bond acceptors (Lipinski definition) is 7. The van der Waals surface area contributed by atoms with Crippen LogP contribution in [0.15, 0.2) is 53.8 Å². The first-order valence-electron chi connectivity index (χ1n) is 10.3. The van der Waals surface area contributed by atoms with E-state index >= 15 is 0 Å². The third-order valence-corrected chi connectivity index (χ3v) is 5.70. The molecule has 1 aliphatic rings. The summed E-state index contributed by atoms with van der Waals surface area (Å²) in [6, 6.07) is 5.16. The Labute approximate surface area is 216 Å². The summed E-state index contributed by atoms with van der Waals surface area (Å²) in [7, 11) is 4.33. The smallest absolute Gasteiger partial charge is 0.327 e. The number of rotatable bonds is 7. The predicted octanol–water partition coefficient (Wildman–Crippen LogP) is 4.65. The highest BCUT2D eigenvalue weighted by Crippen LogP contribution is 2.44. The van der Waals surface area contributed by atoms with Gasteiger partial charge >= 0.3 is 6.03 Å². The van der Waals surface area contributed by atoms with Gasteiger partial charge in [-0.3, -0.25) is 9.69 Å². The highest BCUT2D eigenvalue weighted by atomic mass is 35.5. The number of nitrogens with zero attached hydrogens (tertiary/aromatic N) is 2. The molecule has 2 aromatic rings. The van der Waals surface area contributed by atoms with E-state index in [2.05, 4.69) is 32.8 Å². The zero-order valence-corrected chi connectivity index (χ0v) is 21.1. The summed E-state index contributed by atoms with van der Waals surface area (Å²) in [5, 5.41) is 11.2. The summed E-state index contributed by atoms with van der Waals surface area (Å²) in [5.74, 6) is -0.0208. The molecule has 0 bridgehead atoms. The number of hydrogen-bond donors (Lipinski definition) is 4. The van der Waals surface area contributed by atoms with Gasteiger partial charge in [0, 0.05) is 19.2 Å². The van der Waals surface area contributed by atoms with E-state index in [-0.39, 0.29) is 51.1 Å². The van der Waals surface area contributed by atoms with E-state index in [0.29, 0.717) is 5.82 Å². The van der Waals surface area contributed by atoms with Crippen molar-refractivity contribution in [2.24, 2.45) is 4.99 Å². The standard InChI is InChI=1S/C23H23Cl2FN6O4/c1-5-18(33)30-21-12(26)7-6-8-13(21)29-16-10-17(28-11-27-16)32(2)23(34)31-22-19(24)14(35-3)9-15(36-4)20(22)25/h5-10,27,29H,1,11H2,2-4H3,(H,30,33)(H,31,34). The number of halogens is 3. The maximum Gasteiger partial charge on any atom is 0.327 e. The Kier molecular flexibility index (Phi) is 8.62. The van der Waals surface area contributed by atoms with E-state index in [1.54, 1.807) is 6.07 Å². The summed E-state index contributed by atoms with van der Waals surface area (Å²) in [4.78, 5) is 30.2. The highest BCUT2D eigenvalue weighted by molar-refractivity contribution is 6.41. The van der Waals surface area contributed by atoms with Crippen LogP contribution in [0.1, 0.15) is 0 Å². The average Bonchev–Trinajstić information content (AvgIpc) is 2.88. The first-order chi connectivity index (χ1) is 17.2. The Hall–Kier alpha value is -3.96. The molecule has 1 aliphatic heterocycles. The Bertz CT molecular complexity index is 1240. The van der Waals surface area contributed by atoms with E-state index in [1.807, 2.05) is 0 Å². The van der Waals surface area contributed by atoms with Crippen molar-refractivity contribution in [2.75, 3.05) is 43.9 Å². The number of aliphatic imine (C=N–C) groups is 1. The molecule has 3 amide bonds. The fourth-order valence-electron chi connectivity index (χ4n) is 3.08. The second-order valence-electron chi connectivity index (χ2n) is 7.16. The van der Waals surface area contributed by atoms with Crippen LogP contribution in [-0.2, 0) is 4.79 Å². The topological polar surface area (TPSA) is 116 Å². The van der Waals surface area contributed by atoms with Gasteiger partial charge in [0.1, 0.15) is 51.4 Å². The van der Waals surface area contributed by atoms with Crippen LogP contribution < -0.4 is 30.7 Å². The molecule has 3 rings (SSSR count). The lowest BCUT2D eigenvalue weighted by Gasteiger charge is -2.24. The number of carbonyl (C=O) groups is 2. The van der Waals surface area contributed by atoms with Gasteiger partial charge in [0.05, 0.1) is 25.6 Å². The van der Waals surface area contributed by atoms with Gasteiger partial charge in [0.25, 0.3) is 0 Å². The zero-order valence-electron chi connectivity index (χ0n) is 19.5. The quantitative estimate of drug-likeness (QED) is 0.382. The van der Waals surface area contributed by atoms with Gasteiger partial charge in [-0.1, -0.05) is 35.8 Å². The van der Waals surface area contributed by atoms with Gasteiger partial charge in [0.2, 0.25) is 5.91 Å². The number of para-hydroxylation sites is 1. The van der Waals surface area contributed by atoms with Gasteiger partial charge in [0.15, 0.2) is 0 Å². The van der Waals surface area contributed by atoms with Crippen LogP contribution in [0.3, 0.4) is 0 Å². The van der Waals surface area contributed by atoms with Gasteiger partial charge in [-0.25, -0.2) is 14.2 Å². The molecular formula is C23H23Cl2FN6O4. The van der Waals surface area contributed by atoms with Crippen molar-refractivity contribution in [3.63, 3.8) is 0 Å². The number of amidine groups is 1. The molecule has 0 atom stereocenters. The third-order valence-electron chi connectivity index (χ3n) is 4.95. The van der Waals surface area contributed by atoms with Crippen molar-refractivity contribution in [3.05, 3.63) is 64.7 Å². The molecule has 4 N–H and O–H groups in total. The van der Waals surface area contributed by atoms with Gasteiger partial charge in [-0.05, 0) is 18.2 Å². The molecule has 10 nitrogen and oxygen atoms in total. The second-order valence-corrected chi connectivity index (χ2v) is 7.92. The number of likely N-dealkylation sites (N-methyl/N-ethyl adjacent to an activating group) is 1. The van der Waals surface area contributed by atoms with E-state index in [4.69, 9.17) is 32.7 Å². The first kappa shape index (κ1) is 26.6. The molecule has 0 saturated carbocycles. The maximum absolute atomic E-state index is 14.3. The number of urea groups is 1. The van der Waals surface area contributed by atoms with Gasteiger partial charge in [-0.2, -0.15) is 0 Å². The third kappa shape index (κ3) is 5.81. The van der Waals surface area contributed by atoms with Crippen molar-refractivity contribution in [1.82, 2.24) is 10.2 Å². The van der Waals surface area contributed by atoms with Crippen LogP contribution in [0.2, 0.25) is 10.0 Å². The van der Waals surface area contributed by atoms with Crippen molar-refractivity contribution in [2.45, 2.75) is 0 Å². The molecule has 0 radical (unpaired) electrons. The first-order valence-corrected chi connectivity index (χ1v) is 11.1. The minimum atomic E-state index is -0.639. The average molecular weight is 537 g/mol. The zero-order chi connectivity index (χ0) is 26.4. The molecule has 0 aromatic heterocycles. The molecule has 0 spiro atoms. The molecule has 0 unspecified atom stereocenters. The normalized spacial score (nSPS) is 12.4. The number of benzene rings is 2. The van der Waals surface area contributed by atoms with E-state index < -0.39 is 17.8 Å². The molecule has 190 valence electrons. The van der Waals surface area contributed by atoms with Crippen LogP contribution in [0, 0.1) is 5.82 Å². The molecular weight excluding hydrogens is 514 g/mol. The monoisotopic (exact) mass is 536 g/mol. The number of methoxy groups -OCH3 is 2. The molecule has 0 aliphatic carbocycles. The molecule has 13 heteroatoms. The van der Waals surface area contributed by atoms with Crippen LogP contribution >= 0.6 is 23.2 Å². The van der Waals surface area contributed by atoms with E-state index in [9.17, 15) is 14.0 Å². The Balaban J connectivity index is 1.82. The van der Waals surface area contributed by atoms with Crippen LogP contribution in [0.5, 0.6) is 11.5 Å². The summed E-state index contributed by atoms with van der Waals surface area (Å²) in [6.45, 7) is 3.48. The lowest BCUT2D eigenvalue weighted by molar-refractivity contribution is -0.111. The maximum atomic E-state index is 14.3. The minimum absolute atomic E-state index is 0.0588. The second kappa shape index (κ2) is 11.6. The van der Waals surface area contributed by atoms with E-state index in [1.165, 1.54) is 50.4 Å². The predicted molar refractivity (Wildman–Crippen MR) is 139 cm³/mol. The van der Waals surface area contributed by atoms with Crippen LogP contribution in [0.4, 0.5) is 26.2 Å². The van der Waals surface area contributed by atoms with Gasteiger partial charge in [-0.15, -0.1) is 0 Å². The van der Waals surface area contributed by atoms with E-state index in [0.717, 1.165) is 6.08 Å². The largest absolute Gasteiger partial charge is 0.495 e. The lowest BCUT2D eigenvalue weighted by atomic mass is 10.2. The van der Waals surface area contributed by atoms with Crippen LogP contribution in [0.25, 0.3) is 0 Å². The van der Waals surface area contributed by atoms with Gasteiger partial charge < -0.3 is 30.7 Å². The summed E-state index contributed by atoms with van der Waals surface area (Å²) >= 11 is 12.7. The number of nitrogens with one attached hydrogen (secondary N) is 4. The van der Waals surface area contributed by atoms with Crippen molar-refractivity contribution < 1.29 is 23.5 Å². The number of ether oxygens (including phenoxy) is 2. The molecule has 0 fully saturated rings. The fourth-order valence-corrected chi connectivity index (χ4v) is 3.67. The Morgan fingerprint density at radius 3 is 2.44 bits per heavy atom. The van der Waals surface area contributed by atoms with Crippen LogP contribution in [-0.4, -0.2) is 50.6 Å². The van der Waals surface area contributed by atoms with Crippen molar-refractivity contribution >= 4 is 58.0 Å². The number of amides is 3. The SMILES string of the molecule is C=CC(=O)Nc1c(F)cccc1NC1=CC(N(C)C(=O)Nc2c(Cl)c(OC)cc(OC)c2Cl)=NCN1. The number of carbonyl (C=O) groups excluding carboxylic acids is 2. The minimum Gasteiger partial charge on any atom is -0.495 e. The molecule has 1 heterocycles. The summed E-state index contributed by atoms with van der Waals surface area (Å²) in [6.07, 6.45) is 2.56. The molecule has 2 aromatic carbocycles. The van der Waals surface area contributed by atoms with Crippen molar-refractivity contribution in [1.29, 1.82) is 0 Å².